The van der Waals surface area contributed by atoms with Crippen molar-refractivity contribution in [1.29, 1.82) is 0 Å². The molecule has 174 valence electrons. The van der Waals surface area contributed by atoms with Gasteiger partial charge < -0.3 is 14.4 Å². The van der Waals surface area contributed by atoms with Crippen molar-refractivity contribution in [2.24, 2.45) is 0 Å². The maximum atomic E-state index is 12.9. The molecule has 0 bridgehead atoms. The number of hydrogen-bond acceptors (Lipinski definition) is 7. The third kappa shape index (κ3) is 5.20. The summed E-state index contributed by atoms with van der Waals surface area (Å²) >= 11 is 1.36. The Labute approximate surface area is 202 Å². The van der Waals surface area contributed by atoms with Crippen molar-refractivity contribution in [1.82, 2.24) is 24.6 Å². The summed E-state index contributed by atoms with van der Waals surface area (Å²) in [6, 6.07) is 19.3. The van der Waals surface area contributed by atoms with Crippen LogP contribution in [0.25, 0.3) is 17.1 Å². The van der Waals surface area contributed by atoms with Crippen LogP contribution in [0.5, 0.6) is 11.5 Å². The number of para-hydroxylation sites is 1. The van der Waals surface area contributed by atoms with Gasteiger partial charge in [0.1, 0.15) is 0 Å². The van der Waals surface area contributed by atoms with Gasteiger partial charge in [-0.15, -0.1) is 10.2 Å². The average molecular weight is 476 g/mol. The van der Waals surface area contributed by atoms with Crippen molar-refractivity contribution < 1.29 is 14.3 Å². The van der Waals surface area contributed by atoms with Gasteiger partial charge in [0.25, 0.3) is 0 Å². The van der Waals surface area contributed by atoms with E-state index in [1.54, 1.807) is 38.6 Å². The summed E-state index contributed by atoms with van der Waals surface area (Å²) in [6.45, 7) is 0.452. The topological polar surface area (TPSA) is 82.4 Å². The summed E-state index contributed by atoms with van der Waals surface area (Å²) in [5.74, 6) is 2.19. The molecule has 4 rings (SSSR count). The van der Waals surface area contributed by atoms with Crippen LogP contribution in [0.4, 0.5) is 0 Å². The largest absolute Gasteiger partial charge is 0.493 e. The number of carbonyl (C=O) groups is 1. The lowest BCUT2D eigenvalue weighted by Crippen LogP contribution is -2.27. The van der Waals surface area contributed by atoms with Crippen LogP contribution in [-0.2, 0) is 11.3 Å². The molecule has 0 aliphatic heterocycles. The first-order chi connectivity index (χ1) is 16.6. The molecule has 4 aromatic rings. The molecule has 1 amide bonds. The smallest absolute Gasteiger partial charge is 0.233 e. The first-order valence-corrected chi connectivity index (χ1v) is 11.6. The van der Waals surface area contributed by atoms with Crippen LogP contribution in [0.1, 0.15) is 5.56 Å². The number of nitrogens with zero attached hydrogens (tertiary/aromatic N) is 5. The van der Waals surface area contributed by atoms with Gasteiger partial charge >= 0.3 is 0 Å². The standard InChI is InChI=1S/C25H25N5O3S/c1-29(16-18-9-10-21(32-2)22(15-18)33-3)23(31)17-34-25-28-27-24(19-11-13-26-14-12-19)30(25)20-7-5-4-6-8-20/h4-15H,16-17H2,1-3H3. The van der Waals surface area contributed by atoms with Crippen molar-refractivity contribution in [2.75, 3.05) is 27.0 Å². The number of hydrogen-bond donors (Lipinski definition) is 0. The maximum Gasteiger partial charge on any atom is 0.233 e. The quantitative estimate of drug-likeness (QED) is 0.337. The molecule has 9 heteroatoms. The highest BCUT2D eigenvalue weighted by molar-refractivity contribution is 7.99. The van der Waals surface area contributed by atoms with Crippen LogP contribution in [0.2, 0.25) is 0 Å². The van der Waals surface area contributed by atoms with Crippen molar-refractivity contribution in [3.63, 3.8) is 0 Å². The predicted octanol–water partition coefficient (Wildman–Crippen LogP) is 4.10. The molecule has 0 saturated heterocycles. The number of carbonyl (C=O) groups excluding carboxylic acids is 1. The highest BCUT2D eigenvalue weighted by Gasteiger charge is 2.18. The van der Waals surface area contributed by atoms with E-state index in [0.29, 0.717) is 29.0 Å². The first-order valence-electron chi connectivity index (χ1n) is 10.6. The lowest BCUT2D eigenvalue weighted by molar-refractivity contribution is -0.127. The van der Waals surface area contributed by atoms with Gasteiger partial charge in [0, 0.05) is 37.2 Å². The van der Waals surface area contributed by atoms with Crippen LogP contribution in [0, 0.1) is 0 Å². The Hall–Kier alpha value is -3.85. The second-order valence-corrected chi connectivity index (χ2v) is 8.38. The molecule has 0 aliphatic rings. The van der Waals surface area contributed by atoms with Gasteiger partial charge in [-0.2, -0.15) is 0 Å². The fourth-order valence-corrected chi connectivity index (χ4v) is 4.33. The Morgan fingerprint density at radius 3 is 2.41 bits per heavy atom. The van der Waals surface area contributed by atoms with Gasteiger partial charge in [-0.1, -0.05) is 36.0 Å². The molecule has 0 spiro atoms. The number of pyridine rings is 1. The lowest BCUT2D eigenvalue weighted by Gasteiger charge is -2.18. The van der Waals surface area contributed by atoms with Crippen LogP contribution in [-0.4, -0.2) is 57.6 Å². The summed E-state index contributed by atoms with van der Waals surface area (Å²) in [6.07, 6.45) is 3.44. The van der Waals surface area contributed by atoms with E-state index in [1.165, 1.54) is 11.8 Å². The first kappa shape index (κ1) is 23.3. The molecule has 2 heterocycles. The van der Waals surface area contributed by atoms with E-state index in [0.717, 1.165) is 16.8 Å². The minimum atomic E-state index is -0.0205. The molecule has 34 heavy (non-hydrogen) atoms. The lowest BCUT2D eigenvalue weighted by atomic mass is 10.2. The Morgan fingerprint density at radius 2 is 1.71 bits per heavy atom. The maximum absolute atomic E-state index is 12.9. The van der Waals surface area contributed by atoms with Crippen molar-refractivity contribution in [3.05, 3.63) is 78.6 Å². The molecule has 2 aromatic carbocycles. The van der Waals surface area contributed by atoms with Crippen LogP contribution in [0.15, 0.2) is 78.2 Å². The Balaban J connectivity index is 1.50. The van der Waals surface area contributed by atoms with Crippen LogP contribution >= 0.6 is 11.8 Å². The average Bonchev–Trinajstić information content (AvgIpc) is 3.32. The number of ether oxygens (including phenoxy) is 2. The fourth-order valence-electron chi connectivity index (χ4n) is 3.44. The number of methoxy groups -OCH3 is 2. The van der Waals surface area contributed by atoms with Crippen molar-refractivity contribution in [3.8, 4) is 28.6 Å². The number of thioether (sulfide) groups is 1. The molecular formula is C25H25N5O3S. The van der Waals surface area contributed by atoms with Crippen LogP contribution < -0.4 is 9.47 Å². The number of rotatable bonds is 9. The highest BCUT2D eigenvalue weighted by Crippen LogP contribution is 2.29. The summed E-state index contributed by atoms with van der Waals surface area (Å²) < 4.78 is 12.6. The Kier molecular flexibility index (Phi) is 7.44. The SMILES string of the molecule is COc1ccc(CN(C)C(=O)CSc2nnc(-c3ccncc3)n2-c2ccccc2)cc1OC. The summed E-state index contributed by atoms with van der Waals surface area (Å²) in [5, 5.41) is 9.43. The molecule has 8 nitrogen and oxygen atoms in total. The predicted molar refractivity (Wildman–Crippen MR) is 131 cm³/mol. The third-order valence-electron chi connectivity index (χ3n) is 5.20. The van der Waals surface area contributed by atoms with E-state index < -0.39 is 0 Å². The molecular weight excluding hydrogens is 450 g/mol. The van der Waals surface area contributed by atoms with Crippen molar-refractivity contribution >= 4 is 17.7 Å². The molecule has 0 fully saturated rings. The zero-order chi connectivity index (χ0) is 23.9. The number of benzene rings is 2. The van der Waals surface area contributed by atoms with Gasteiger partial charge in [-0.3, -0.25) is 14.3 Å². The third-order valence-corrected chi connectivity index (χ3v) is 6.12. The van der Waals surface area contributed by atoms with E-state index in [4.69, 9.17) is 9.47 Å². The summed E-state index contributed by atoms with van der Waals surface area (Å²) in [7, 11) is 4.97. The summed E-state index contributed by atoms with van der Waals surface area (Å²) in [5.41, 5.74) is 2.77. The minimum Gasteiger partial charge on any atom is -0.493 e. The molecule has 0 unspecified atom stereocenters. The monoisotopic (exact) mass is 475 g/mol. The van der Waals surface area contributed by atoms with E-state index in [1.807, 2.05) is 65.2 Å². The van der Waals surface area contributed by atoms with Gasteiger partial charge in [0.2, 0.25) is 5.91 Å². The van der Waals surface area contributed by atoms with Crippen LogP contribution in [0.3, 0.4) is 0 Å². The Morgan fingerprint density at radius 1 is 0.971 bits per heavy atom. The number of aromatic nitrogens is 4. The normalized spacial score (nSPS) is 10.7. The highest BCUT2D eigenvalue weighted by atomic mass is 32.2. The fraction of sp³-hybridized carbons (Fsp3) is 0.200. The number of amides is 1. The molecule has 0 aliphatic carbocycles. The molecule has 0 atom stereocenters. The molecule has 0 saturated carbocycles. The Bertz CT molecular complexity index is 1250. The minimum absolute atomic E-state index is 0.0205. The molecule has 0 radical (unpaired) electrons. The van der Waals surface area contributed by atoms with Gasteiger partial charge in [0.05, 0.1) is 20.0 Å². The zero-order valence-electron chi connectivity index (χ0n) is 19.2. The van der Waals surface area contributed by atoms with E-state index >= 15 is 0 Å². The summed E-state index contributed by atoms with van der Waals surface area (Å²) in [4.78, 5) is 18.7. The second kappa shape index (κ2) is 10.8. The van der Waals surface area contributed by atoms with Gasteiger partial charge in [-0.05, 0) is 42.0 Å². The van der Waals surface area contributed by atoms with Gasteiger partial charge in [0.15, 0.2) is 22.5 Å². The van der Waals surface area contributed by atoms with E-state index in [2.05, 4.69) is 15.2 Å². The second-order valence-electron chi connectivity index (χ2n) is 7.44. The van der Waals surface area contributed by atoms with Gasteiger partial charge in [-0.25, -0.2) is 0 Å². The molecule has 0 N–H and O–H groups in total. The van der Waals surface area contributed by atoms with E-state index in [-0.39, 0.29) is 11.7 Å². The van der Waals surface area contributed by atoms with E-state index in [9.17, 15) is 4.79 Å². The zero-order valence-corrected chi connectivity index (χ0v) is 20.0. The van der Waals surface area contributed by atoms with Crippen molar-refractivity contribution in [2.45, 2.75) is 11.7 Å². The molecule has 2 aromatic heterocycles.